The Hall–Kier alpha value is -1.79. The predicted octanol–water partition coefficient (Wildman–Crippen LogP) is 2.26. The molecule has 1 saturated heterocycles. The van der Waals surface area contributed by atoms with Crippen LogP contribution in [0.5, 0.6) is 11.5 Å². The molecule has 0 radical (unpaired) electrons. The summed E-state index contributed by atoms with van der Waals surface area (Å²) in [6.45, 7) is 8.06. The van der Waals surface area contributed by atoms with Crippen LogP contribution in [0.2, 0.25) is 0 Å². The molecule has 0 bridgehead atoms. The zero-order valence-electron chi connectivity index (χ0n) is 15.7. The van der Waals surface area contributed by atoms with Crippen molar-refractivity contribution >= 4 is 5.91 Å². The van der Waals surface area contributed by atoms with Crippen LogP contribution in [0, 0.1) is 0 Å². The van der Waals surface area contributed by atoms with Crippen LogP contribution < -0.4 is 20.1 Å². The number of hydrogen-bond donors (Lipinski definition) is 2. The first-order valence-electron chi connectivity index (χ1n) is 8.81. The molecule has 0 aliphatic carbocycles. The molecule has 2 N–H and O–H groups in total. The van der Waals surface area contributed by atoms with Gasteiger partial charge in [-0.1, -0.05) is 12.1 Å². The molecule has 1 aromatic rings. The molecule has 1 heterocycles. The highest BCUT2D eigenvalue weighted by Gasteiger charge is 2.18. The lowest BCUT2D eigenvalue weighted by Gasteiger charge is -2.21. The first kappa shape index (κ1) is 19.5. The van der Waals surface area contributed by atoms with E-state index < -0.39 is 0 Å². The monoisotopic (exact) mass is 350 g/mol. The number of amides is 1. The Labute approximate surface area is 150 Å². The molecular formula is C19H30N2O4. The summed E-state index contributed by atoms with van der Waals surface area (Å²) in [5.41, 5.74) is 0.674. The van der Waals surface area contributed by atoms with Gasteiger partial charge in [0.15, 0.2) is 18.1 Å². The van der Waals surface area contributed by atoms with Crippen molar-refractivity contribution in [2.45, 2.75) is 51.8 Å². The van der Waals surface area contributed by atoms with E-state index >= 15 is 0 Å². The minimum absolute atomic E-state index is 0.0453. The van der Waals surface area contributed by atoms with E-state index in [0.29, 0.717) is 18.0 Å². The molecule has 25 heavy (non-hydrogen) atoms. The van der Waals surface area contributed by atoms with Crippen molar-refractivity contribution in [2.75, 3.05) is 26.9 Å². The van der Waals surface area contributed by atoms with Gasteiger partial charge >= 0.3 is 0 Å². The van der Waals surface area contributed by atoms with E-state index in [1.165, 1.54) is 0 Å². The number of nitrogens with one attached hydrogen (secondary N) is 2. The fourth-order valence-corrected chi connectivity index (χ4v) is 2.79. The molecule has 140 valence electrons. The summed E-state index contributed by atoms with van der Waals surface area (Å²) in [5.74, 6) is 1.07. The van der Waals surface area contributed by atoms with Gasteiger partial charge in [0.25, 0.3) is 5.91 Å². The van der Waals surface area contributed by atoms with Gasteiger partial charge in [-0.25, -0.2) is 0 Å². The van der Waals surface area contributed by atoms with Crippen molar-refractivity contribution in [1.29, 1.82) is 0 Å². The van der Waals surface area contributed by atoms with Gasteiger partial charge in [0, 0.05) is 30.8 Å². The van der Waals surface area contributed by atoms with Crippen LogP contribution in [-0.4, -0.2) is 44.4 Å². The van der Waals surface area contributed by atoms with E-state index in [-0.39, 0.29) is 24.2 Å². The lowest BCUT2D eigenvalue weighted by molar-refractivity contribution is -0.124. The lowest BCUT2D eigenvalue weighted by atomic mass is 10.1. The van der Waals surface area contributed by atoms with Crippen LogP contribution >= 0.6 is 0 Å². The quantitative estimate of drug-likeness (QED) is 0.753. The maximum absolute atomic E-state index is 12.0. The zero-order chi connectivity index (χ0) is 18.3. The number of methoxy groups -OCH3 is 1. The summed E-state index contributed by atoms with van der Waals surface area (Å²) in [5, 5.41) is 6.29. The standard InChI is InChI=1S/C19H30N2O4/c1-19(2,3)21-17(22)13-25-18-14(7-5-9-16(18)23-4)11-20-12-15-8-6-10-24-15/h5,7,9,15,20H,6,8,10-13H2,1-4H3,(H,21,22). The fraction of sp³-hybridized carbons (Fsp3) is 0.632. The number of benzene rings is 1. The van der Waals surface area contributed by atoms with Gasteiger partial charge in [-0.2, -0.15) is 0 Å². The summed E-state index contributed by atoms with van der Waals surface area (Å²) >= 11 is 0. The SMILES string of the molecule is COc1cccc(CNCC2CCCO2)c1OCC(=O)NC(C)(C)C. The van der Waals surface area contributed by atoms with Crippen molar-refractivity contribution in [1.82, 2.24) is 10.6 Å². The number of hydrogen-bond acceptors (Lipinski definition) is 5. The van der Waals surface area contributed by atoms with E-state index in [9.17, 15) is 4.79 Å². The smallest absolute Gasteiger partial charge is 0.258 e. The first-order chi connectivity index (χ1) is 11.9. The summed E-state index contributed by atoms with van der Waals surface area (Å²) in [4.78, 5) is 12.0. The normalized spacial score (nSPS) is 17.4. The van der Waals surface area contributed by atoms with Crippen LogP contribution in [0.3, 0.4) is 0 Å². The van der Waals surface area contributed by atoms with E-state index in [0.717, 1.165) is 31.6 Å². The Morgan fingerprint density at radius 3 is 2.80 bits per heavy atom. The van der Waals surface area contributed by atoms with Crippen LogP contribution in [0.15, 0.2) is 18.2 Å². The van der Waals surface area contributed by atoms with Gasteiger partial charge in [0.2, 0.25) is 0 Å². The van der Waals surface area contributed by atoms with Crippen LogP contribution in [0.25, 0.3) is 0 Å². The highest BCUT2D eigenvalue weighted by Crippen LogP contribution is 2.31. The van der Waals surface area contributed by atoms with E-state index in [2.05, 4.69) is 10.6 Å². The topological polar surface area (TPSA) is 68.8 Å². The minimum Gasteiger partial charge on any atom is -0.493 e. The zero-order valence-corrected chi connectivity index (χ0v) is 15.7. The molecular weight excluding hydrogens is 320 g/mol. The van der Waals surface area contributed by atoms with Crippen LogP contribution in [-0.2, 0) is 16.1 Å². The van der Waals surface area contributed by atoms with E-state index in [1.54, 1.807) is 7.11 Å². The third-order valence-corrected chi connectivity index (χ3v) is 3.85. The summed E-state index contributed by atoms with van der Waals surface area (Å²) in [6, 6.07) is 5.73. The van der Waals surface area contributed by atoms with Crippen LogP contribution in [0.4, 0.5) is 0 Å². The van der Waals surface area contributed by atoms with Crippen molar-refractivity contribution < 1.29 is 19.0 Å². The predicted molar refractivity (Wildman–Crippen MR) is 97.1 cm³/mol. The van der Waals surface area contributed by atoms with Gasteiger partial charge in [0.05, 0.1) is 13.2 Å². The second kappa shape index (κ2) is 9.06. The molecule has 0 aromatic heterocycles. The average molecular weight is 350 g/mol. The van der Waals surface area contributed by atoms with E-state index in [4.69, 9.17) is 14.2 Å². The van der Waals surface area contributed by atoms with Crippen LogP contribution in [0.1, 0.15) is 39.2 Å². The number of para-hydroxylation sites is 1. The molecule has 1 atom stereocenters. The fourth-order valence-electron chi connectivity index (χ4n) is 2.79. The maximum Gasteiger partial charge on any atom is 0.258 e. The molecule has 0 spiro atoms. The summed E-state index contributed by atoms with van der Waals surface area (Å²) in [7, 11) is 1.60. The Bertz CT molecular complexity index is 563. The van der Waals surface area contributed by atoms with Gasteiger partial charge in [-0.05, 0) is 39.7 Å². The largest absolute Gasteiger partial charge is 0.493 e. The van der Waals surface area contributed by atoms with Gasteiger partial charge < -0.3 is 24.8 Å². The lowest BCUT2D eigenvalue weighted by Crippen LogP contribution is -2.43. The Kier molecular flexibility index (Phi) is 7.08. The first-order valence-corrected chi connectivity index (χ1v) is 8.81. The average Bonchev–Trinajstić information content (AvgIpc) is 3.05. The van der Waals surface area contributed by atoms with Crippen molar-refractivity contribution in [3.8, 4) is 11.5 Å². The van der Waals surface area contributed by atoms with E-state index in [1.807, 2.05) is 39.0 Å². The summed E-state index contributed by atoms with van der Waals surface area (Å²) < 4.78 is 16.8. The molecule has 1 aromatic carbocycles. The summed E-state index contributed by atoms with van der Waals surface area (Å²) in [6.07, 6.45) is 2.51. The van der Waals surface area contributed by atoms with Gasteiger partial charge in [-0.3, -0.25) is 4.79 Å². The maximum atomic E-state index is 12.0. The third-order valence-electron chi connectivity index (χ3n) is 3.85. The number of ether oxygens (including phenoxy) is 3. The van der Waals surface area contributed by atoms with Crippen molar-refractivity contribution in [2.24, 2.45) is 0 Å². The molecule has 0 saturated carbocycles. The number of carbonyl (C=O) groups excluding carboxylic acids is 1. The second-order valence-corrected chi connectivity index (χ2v) is 7.30. The number of carbonyl (C=O) groups is 1. The molecule has 1 amide bonds. The molecule has 2 rings (SSSR count). The highest BCUT2D eigenvalue weighted by molar-refractivity contribution is 5.78. The minimum atomic E-state index is -0.285. The highest BCUT2D eigenvalue weighted by atomic mass is 16.5. The Morgan fingerprint density at radius 2 is 2.16 bits per heavy atom. The second-order valence-electron chi connectivity index (χ2n) is 7.30. The third kappa shape index (κ3) is 6.55. The molecule has 1 unspecified atom stereocenters. The molecule has 1 aliphatic rings. The Balaban J connectivity index is 1.95. The van der Waals surface area contributed by atoms with Gasteiger partial charge in [-0.15, -0.1) is 0 Å². The Morgan fingerprint density at radius 1 is 1.36 bits per heavy atom. The molecule has 1 aliphatic heterocycles. The molecule has 6 nitrogen and oxygen atoms in total. The molecule has 6 heteroatoms. The van der Waals surface area contributed by atoms with Gasteiger partial charge in [0.1, 0.15) is 0 Å². The number of rotatable bonds is 8. The molecule has 1 fully saturated rings. The van der Waals surface area contributed by atoms with Crippen molar-refractivity contribution in [3.63, 3.8) is 0 Å². The van der Waals surface area contributed by atoms with Crippen molar-refractivity contribution in [3.05, 3.63) is 23.8 Å².